The van der Waals surface area contributed by atoms with Crippen LogP contribution < -0.4 is 16.0 Å². The van der Waals surface area contributed by atoms with Gasteiger partial charge in [0.2, 0.25) is 5.91 Å². The van der Waals surface area contributed by atoms with Gasteiger partial charge in [-0.25, -0.2) is 4.99 Å². The topological polar surface area (TPSA) is 74.8 Å². The second-order valence-electron chi connectivity index (χ2n) is 6.44. The highest BCUT2D eigenvalue weighted by Gasteiger charge is 2.01. The fraction of sp³-hybridized carbons (Fsp3) is 0.619. The van der Waals surface area contributed by atoms with Crippen molar-refractivity contribution in [1.82, 2.24) is 10.6 Å². The summed E-state index contributed by atoms with van der Waals surface area (Å²) in [4.78, 5) is 16.2. The molecule has 0 unspecified atom stereocenters. The highest BCUT2D eigenvalue weighted by atomic mass is 16.5. The predicted octanol–water partition coefficient (Wildman–Crippen LogP) is 3.69. The number of nitrogens with zero attached hydrogens (tertiary/aromatic N) is 1. The summed E-state index contributed by atoms with van der Waals surface area (Å²) in [6.07, 6.45) is 4.65. The van der Waals surface area contributed by atoms with E-state index in [1.807, 2.05) is 31.2 Å². The first-order valence-electron chi connectivity index (χ1n) is 10.2. The van der Waals surface area contributed by atoms with Crippen molar-refractivity contribution in [2.75, 3.05) is 31.6 Å². The number of hydrogen-bond acceptors (Lipinski definition) is 3. The number of aliphatic imine (C=N–C) groups is 1. The largest absolute Gasteiger partial charge is 0.381 e. The lowest BCUT2D eigenvalue weighted by atomic mass is 10.2. The van der Waals surface area contributed by atoms with Crippen molar-refractivity contribution in [3.63, 3.8) is 0 Å². The minimum absolute atomic E-state index is 0.0561. The van der Waals surface area contributed by atoms with Crippen LogP contribution in [0, 0.1) is 0 Å². The van der Waals surface area contributed by atoms with Crippen LogP contribution in [0.3, 0.4) is 0 Å². The summed E-state index contributed by atoms with van der Waals surface area (Å²) in [5, 5.41) is 9.49. The van der Waals surface area contributed by atoms with Gasteiger partial charge in [-0.15, -0.1) is 0 Å². The van der Waals surface area contributed by atoms with E-state index in [0.29, 0.717) is 13.0 Å². The molecule has 1 rings (SSSR count). The number of anilines is 1. The molecule has 0 aliphatic heterocycles. The molecule has 0 spiro atoms. The molecular formula is C21H36N4O2. The molecule has 0 heterocycles. The zero-order chi connectivity index (χ0) is 19.7. The van der Waals surface area contributed by atoms with Crippen LogP contribution in [0.2, 0.25) is 0 Å². The first kappa shape index (κ1) is 23.0. The van der Waals surface area contributed by atoms with Gasteiger partial charge >= 0.3 is 0 Å². The molecule has 3 N–H and O–H groups in total. The fourth-order valence-electron chi connectivity index (χ4n) is 2.39. The van der Waals surface area contributed by atoms with E-state index in [0.717, 1.165) is 62.8 Å². The molecule has 27 heavy (non-hydrogen) atoms. The summed E-state index contributed by atoms with van der Waals surface area (Å²) >= 11 is 0. The Bertz CT molecular complexity index is 544. The molecule has 0 aliphatic rings. The van der Waals surface area contributed by atoms with Crippen LogP contribution in [0.1, 0.15) is 58.4 Å². The third-order valence-corrected chi connectivity index (χ3v) is 3.88. The van der Waals surface area contributed by atoms with Crippen molar-refractivity contribution in [1.29, 1.82) is 0 Å². The Morgan fingerprint density at radius 2 is 1.74 bits per heavy atom. The van der Waals surface area contributed by atoms with Gasteiger partial charge in [-0.3, -0.25) is 4.79 Å². The van der Waals surface area contributed by atoms with Gasteiger partial charge in [0.15, 0.2) is 5.96 Å². The Morgan fingerprint density at radius 1 is 1.00 bits per heavy atom. The molecule has 0 aliphatic carbocycles. The first-order chi connectivity index (χ1) is 13.2. The average Bonchev–Trinajstić information content (AvgIpc) is 2.66. The molecule has 0 saturated carbocycles. The van der Waals surface area contributed by atoms with Crippen LogP contribution in [-0.2, 0) is 16.1 Å². The lowest BCUT2D eigenvalue weighted by molar-refractivity contribution is -0.116. The van der Waals surface area contributed by atoms with E-state index in [1.165, 1.54) is 6.42 Å². The smallest absolute Gasteiger partial charge is 0.224 e. The van der Waals surface area contributed by atoms with E-state index in [-0.39, 0.29) is 5.91 Å². The quantitative estimate of drug-likeness (QED) is 0.279. The van der Waals surface area contributed by atoms with Gasteiger partial charge in [0.25, 0.3) is 0 Å². The second-order valence-corrected chi connectivity index (χ2v) is 6.44. The van der Waals surface area contributed by atoms with E-state index >= 15 is 0 Å². The SMILES string of the molecule is CCCCOCCCNC(=NCc1ccc(NC(=O)CCC)cc1)NCC. The zero-order valence-corrected chi connectivity index (χ0v) is 17.1. The molecule has 152 valence electrons. The molecule has 1 aromatic rings. The molecule has 1 amide bonds. The fourth-order valence-corrected chi connectivity index (χ4v) is 2.39. The van der Waals surface area contributed by atoms with E-state index in [2.05, 4.69) is 34.8 Å². The summed E-state index contributed by atoms with van der Waals surface area (Å²) < 4.78 is 5.57. The van der Waals surface area contributed by atoms with E-state index in [1.54, 1.807) is 0 Å². The molecule has 6 nitrogen and oxygen atoms in total. The highest BCUT2D eigenvalue weighted by molar-refractivity contribution is 5.90. The van der Waals surface area contributed by atoms with Gasteiger partial charge in [-0.2, -0.15) is 0 Å². The van der Waals surface area contributed by atoms with Crippen molar-refractivity contribution in [2.24, 2.45) is 4.99 Å². The van der Waals surface area contributed by atoms with Crippen molar-refractivity contribution in [3.8, 4) is 0 Å². The summed E-state index contributed by atoms with van der Waals surface area (Å²) in [7, 11) is 0. The molecule has 0 radical (unpaired) electrons. The lowest BCUT2D eigenvalue weighted by Crippen LogP contribution is -2.38. The van der Waals surface area contributed by atoms with Crippen molar-refractivity contribution in [2.45, 2.75) is 59.4 Å². The average molecular weight is 377 g/mol. The highest BCUT2D eigenvalue weighted by Crippen LogP contribution is 2.11. The third kappa shape index (κ3) is 11.3. The zero-order valence-electron chi connectivity index (χ0n) is 17.1. The molecule has 0 aromatic heterocycles. The second kappa shape index (κ2) is 15.0. The summed E-state index contributed by atoms with van der Waals surface area (Å²) in [5.74, 6) is 0.868. The summed E-state index contributed by atoms with van der Waals surface area (Å²) in [6, 6.07) is 7.84. The number of carbonyl (C=O) groups is 1. The van der Waals surface area contributed by atoms with Crippen LogP contribution in [-0.4, -0.2) is 38.2 Å². The molecule has 1 aromatic carbocycles. The number of rotatable bonds is 13. The Balaban J connectivity index is 2.39. The maximum Gasteiger partial charge on any atom is 0.224 e. The minimum atomic E-state index is 0.0561. The minimum Gasteiger partial charge on any atom is -0.381 e. The molecule has 6 heteroatoms. The van der Waals surface area contributed by atoms with E-state index < -0.39 is 0 Å². The number of hydrogen-bond donors (Lipinski definition) is 3. The number of amides is 1. The third-order valence-electron chi connectivity index (χ3n) is 3.88. The van der Waals surface area contributed by atoms with Gasteiger partial charge in [0.05, 0.1) is 6.54 Å². The summed E-state index contributed by atoms with van der Waals surface area (Å²) in [6.45, 7) is 10.1. The van der Waals surface area contributed by atoms with Crippen LogP contribution in [0.5, 0.6) is 0 Å². The number of guanidine groups is 1. The van der Waals surface area contributed by atoms with Gasteiger partial charge in [-0.1, -0.05) is 32.4 Å². The monoisotopic (exact) mass is 376 g/mol. The van der Waals surface area contributed by atoms with E-state index in [4.69, 9.17) is 4.74 Å². The molecule has 0 fully saturated rings. The lowest BCUT2D eigenvalue weighted by Gasteiger charge is -2.11. The predicted molar refractivity (Wildman–Crippen MR) is 113 cm³/mol. The van der Waals surface area contributed by atoms with Crippen LogP contribution in [0.4, 0.5) is 5.69 Å². The Labute approximate surface area is 164 Å². The van der Waals surface area contributed by atoms with Crippen molar-refractivity contribution < 1.29 is 9.53 Å². The normalized spacial score (nSPS) is 11.3. The van der Waals surface area contributed by atoms with Crippen molar-refractivity contribution in [3.05, 3.63) is 29.8 Å². The Morgan fingerprint density at radius 3 is 2.41 bits per heavy atom. The molecule has 0 saturated heterocycles. The number of carbonyl (C=O) groups excluding carboxylic acids is 1. The van der Waals surface area contributed by atoms with E-state index in [9.17, 15) is 4.79 Å². The molecular weight excluding hydrogens is 340 g/mol. The standard InChI is InChI=1S/C21H36N4O2/c1-4-7-15-27-16-8-14-23-21(22-6-3)24-17-18-10-12-19(13-11-18)25-20(26)9-5-2/h10-13H,4-9,14-17H2,1-3H3,(H,25,26)(H2,22,23,24). The maximum atomic E-state index is 11.6. The van der Waals surface area contributed by atoms with Gasteiger partial charge in [0.1, 0.15) is 0 Å². The number of ether oxygens (including phenoxy) is 1. The number of benzene rings is 1. The van der Waals surface area contributed by atoms with Gasteiger partial charge in [-0.05, 0) is 43.9 Å². The Hall–Kier alpha value is -2.08. The maximum absolute atomic E-state index is 11.6. The number of nitrogens with one attached hydrogen (secondary N) is 3. The van der Waals surface area contributed by atoms with Crippen LogP contribution in [0.15, 0.2) is 29.3 Å². The van der Waals surface area contributed by atoms with Gasteiger partial charge in [0, 0.05) is 38.4 Å². The molecule has 0 bridgehead atoms. The summed E-state index contributed by atoms with van der Waals surface area (Å²) in [5.41, 5.74) is 1.93. The Kier molecular flexibility index (Phi) is 12.8. The van der Waals surface area contributed by atoms with Crippen LogP contribution >= 0.6 is 0 Å². The van der Waals surface area contributed by atoms with Gasteiger partial charge < -0.3 is 20.7 Å². The van der Waals surface area contributed by atoms with Crippen LogP contribution in [0.25, 0.3) is 0 Å². The molecule has 0 atom stereocenters. The first-order valence-corrected chi connectivity index (χ1v) is 10.2. The van der Waals surface area contributed by atoms with Crippen molar-refractivity contribution >= 4 is 17.6 Å². The number of unbranched alkanes of at least 4 members (excludes halogenated alkanes) is 1.